The average Bonchev–Trinajstić information content (AvgIpc) is 2.58. The molecular formula is C19H22O5. The van der Waals surface area contributed by atoms with Crippen LogP contribution >= 0.6 is 0 Å². The van der Waals surface area contributed by atoms with E-state index in [1.807, 2.05) is 30.3 Å². The van der Waals surface area contributed by atoms with E-state index >= 15 is 0 Å². The van der Waals surface area contributed by atoms with Gasteiger partial charge in [-0.25, -0.2) is 4.79 Å². The third-order valence-corrected chi connectivity index (χ3v) is 3.26. The van der Waals surface area contributed by atoms with E-state index in [1.165, 1.54) is 12.1 Å². The number of hydrogen-bond acceptors (Lipinski definition) is 5. The minimum atomic E-state index is -0.744. The maximum Gasteiger partial charge on any atom is 0.347 e. The van der Waals surface area contributed by atoms with Gasteiger partial charge in [0.15, 0.2) is 6.10 Å². The minimum Gasteiger partial charge on any atom is -0.508 e. The Bertz CT molecular complexity index is 624. The number of benzene rings is 2. The summed E-state index contributed by atoms with van der Waals surface area (Å²) in [6.45, 7) is 4.18. The molecule has 0 spiro atoms. The van der Waals surface area contributed by atoms with E-state index in [9.17, 15) is 9.90 Å². The second-order valence-corrected chi connectivity index (χ2v) is 5.50. The second-order valence-electron chi connectivity index (χ2n) is 5.50. The molecule has 2 atom stereocenters. The Balaban J connectivity index is 1.71. The number of phenolic OH excluding ortho intramolecular Hbond substituents is 1. The normalized spacial score (nSPS) is 13.1. The predicted molar refractivity (Wildman–Crippen MR) is 89.8 cm³/mol. The summed E-state index contributed by atoms with van der Waals surface area (Å²) >= 11 is 0. The molecule has 1 N–H and O–H groups in total. The fourth-order valence-corrected chi connectivity index (χ4v) is 2.02. The molecule has 0 radical (unpaired) electrons. The van der Waals surface area contributed by atoms with Crippen molar-refractivity contribution in [2.24, 2.45) is 0 Å². The van der Waals surface area contributed by atoms with E-state index in [2.05, 4.69) is 0 Å². The maximum atomic E-state index is 12.0. The standard InChI is InChI=1S/C19H22O5/c1-14(12-22-13-16-6-4-3-5-7-16)23-19(21)15(2)24-18-10-8-17(20)9-11-18/h3-11,14-15,20H,12-13H2,1-2H3. The van der Waals surface area contributed by atoms with Gasteiger partial charge in [-0.15, -0.1) is 0 Å². The van der Waals surface area contributed by atoms with Gasteiger partial charge in [-0.2, -0.15) is 0 Å². The van der Waals surface area contributed by atoms with E-state index < -0.39 is 12.1 Å². The van der Waals surface area contributed by atoms with Gasteiger partial charge < -0.3 is 19.3 Å². The van der Waals surface area contributed by atoms with E-state index in [1.54, 1.807) is 26.0 Å². The number of esters is 1. The monoisotopic (exact) mass is 330 g/mol. The first kappa shape index (κ1) is 17.8. The van der Waals surface area contributed by atoms with E-state index in [0.29, 0.717) is 19.0 Å². The van der Waals surface area contributed by atoms with Crippen LogP contribution in [0.4, 0.5) is 0 Å². The average molecular weight is 330 g/mol. The fraction of sp³-hybridized carbons (Fsp3) is 0.316. The van der Waals surface area contributed by atoms with Crippen molar-refractivity contribution in [2.45, 2.75) is 32.7 Å². The van der Waals surface area contributed by atoms with Crippen molar-refractivity contribution in [1.82, 2.24) is 0 Å². The van der Waals surface area contributed by atoms with Crippen LogP contribution in [0.25, 0.3) is 0 Å². The Morgan fingerprint density at radius 2 is 1.71 bits per heavy atom. The lowest BCUT2D eigenvalue weighted by Gasteiger charge is -2.18. The lowest BCUT2D eigenvalue weighted by Crippen LogP contribution is -2.31. The van der Waals surface area contributed by atoms with Gasteiger partial charge >= 0.3 is 5.97 Å². The van der Waals surface area contributed by atoms with Crippen LogP contribution in [0, 0.1) is 0 Å². The van der Waals surface area contributed by atoms with Gasteiger partial charge in [0.25, 0.3) is 0 Å². The minimum absolute atomic E-state index is 0.141. The molecule has 2 rings (SSSR count). The number of carbonyl (C=O) groups excluding carboxylic acids is 1. The third kappa shape index (κ3) is 5.93. The first-order valence-corrected chi connectivity index (χ1v) is 7.82. The Morgan fingerprint density at radius 3 is 2.38 bits per heavy atom. The molecule has 2 unspecified atom stereocenters. The van der Waals surface area contributed by atoms with Crippen LogP contribution in [0.1, 0.15) is 19.4 Å². The smallest absolute Gasteiger partial charge is 0.347 e. The molecule has 0 bridgehead atoms. The summed E-state index contributed by atoms with van der Waals surface area (Å²) in [7, 11) is 0. The lowest BCUT2D eigenvalue weighted by atomic mass is 10.2. The number of hydrogen-bond donors (Lipinski definition) is 1. The molecule has 2 aromatic carbocycles. The zero-order valence-corrected chi connectivity index (χ0v) is 13.8. The third-order valence-electron chi connectivity index (χ3n) is 3.26. The van der Waals surface area contributed by atoms with E-state index in [-0.39, 0.29) is 11.9 Å². The van der Waals surface area contributed by atoms with Crippen LogP contribution in [-0.4, -0.2) is 29.9 Å². The van der Waals surface area contributed by atoms with Crippen LogP contribution in [-0.2, 0) is 20.9 Å². The lowest BCUT2D eigenvalue weighted by molar-refractivity contribution is -0.158. The van der Waals surface area contributed by atoms with Gasteiger partial charge in [0.2, 0.25) is 0 Å². The highest BCUT2D eigenvalue weighted by Gasteiger charge is 2.19. The molecular weight excluding hydrogens is 308 g/mol. The van der Waals surface area contributed by atoms with Crippen molar-refractivity contribution in [3.8, 4) is 11.5 Å². The van der Waals surface area contributed by atoms with Crippen molar-refractivity contribution in [2.75, 3.05) is 6.61 Å². The molecule has 0 aromatic heterocycles. The molecule has 0 saturated heterocycles. The SMILES string of the molecule is CC(COCc1ccccc1)OC(=O)C(C)Oc1ccc(O)cc1. The molecule has 5 heteroatoms. The topological polar surface area (TPSA) is 65.0 Å². The molecule has 0 aliphatic rings. The summed E-state index contributed by atoms with van der Waals surface area (Å²) in [5.41, 5.74) is 1.07. The number of ether oxygens (including phenoxy) is 3. The quantitative estimate of drug-likeness (QED) is 0.752. The molecule has 0 fully saturated rings. The summed E-state index contributed by atoms with van der Waals surface area (Å²) in [5, 5.41) is 9.22. The molecule has 0 aliphatic heterocycles. The number of phenols is 1. The van der Waals surface area contributed by atoms with Crippen LogP contribution in [0.5, 0.6) is 11.5 Å². The zero-order valence-electron chi connectivity index (χ0n) is 13.8. The van der Waals surface area contributed by atoms with Crippen molar-refractivity contribution in [3.05, 3.63) is 60.2 Å². The van der Waals surface area contributed by atoms with Gasteiger partial charge in [-0.1, -0.05) is 30.3 Å². The molecule has 0 aliphatic carbocycles. The maximum absolute atomic E-state index is 12.0. The van der Waals surface area contributed by atoms with Crippen LogP contribution in [0.3, 0.4) is 0 Å². The second kappa shape index (κ2) is 8.93. The highest BCUT2D eigenvalue weighted by molar-refractivity contribution is 5.74. The van der Waals surface area contributed by atoms with Crippen molar-refractivity contribution < 1.29 is 24.1 Å². The summed E-state index contributed by atoms with van der Waals surface area (Å²) < 4.78 is 16.3. The van der Waals surface area contributed by atoms with Crippen molar-refractivity contribution in [3.63, 3.8) is 0 Å². The van der Waals surface area contributed by atoms with Crippen molar-refractivity contribution in [1.29, 1.82) is 0 Å². The van der Waals surface area contributed by atoms with Crippen LogP contribution in [0.15, 0.2) is 54.6 Å². The zero-order chi connectivity index (χ0) is 17.4. The number of rotatable bonds is 8. The number of carbonyl (C=O) groups is 1. The van der Waals surface area contributed by atoms with Gasteiger partial charge in [0.1, 0.15) is 17.6 Å². The van der Waals surface area contributed by atoms with E-state index in [0.717, 1.165) is 5.56 Å². The Labute approximate surface area is 141 Å². The molecule has 0 heterocycles. The molecule has 128 valence electrons. The summed E-state index contributed by atoms with van der Waals surface area (Å²) in [5.74, 6) is 0.172. The van der Waals surface area contributed by atoms with Gasteiger partial charge in [-0.3, -0.25) is 0 Å². The predicted octanol–water partition coefficient (Wildman–Crippen LogP) is 3.31. The molecule has 5 nitrogen and oxygen atoms in total. The molecule has 24 heavy (non-hydrogen) atoms. The van der Waals surface area contributed by atoms with Gasteiger partial charge in [-0.05, 0) is 43.7 Å². The van der Waals surface area contributed by atoms with Crippen LogP contribution in [0.2, 0.25) is 0 Å². The summed E-state index contributed by atoms with van der Waals surface area (Å²) in [4.78, 5) is 12.0. The van der Waals surface area contributed by atoms with E-state index in [4.69, 9.17) is 14.2 Å². The Kier molecular flexibility index (Phi) is 6.63. The first-order chi connectivity index (χ1) is 11.5. The summed E-state index contributed by atoms with van der Waals surface area (Å²) in [6.07, 6.45) is -1.11. The molecule has 2 aromatic rings. The highest BCUT2D eigenvalue weighted by atomic mass is 16.6. The Hall–Kier alpha value is -2.53. The number of aromatic hydroxyl groups is 1. The van der Waals surface area contributed by atoms with Gasteiger partial charge in [0.05, 0.1) is 13.2 Å². The molecule has 0 saturated carbocycles. The molecule has 0 amide bonds. The summed E-state index contributed by atoms with van der Waals surface area (Å²) in [6, 6.07) is 16.0. The van der Waals surface area contributed by atoms with Crippen molar-refractivity contribution >= 4 is 5.97 Å². The highest BCUT2D eigenvalue weighted by Crippen LogP contribution is 2.17. The Morgan fingerprint density at radius 1 is 1.04 bits per heavy atom. The van der Waals surface area contributed by atoms with Crippen LogP contribution < -0.4 is 4.74 Å². The first-order valence-electron chi connectivity index (χ1n) is 7.82. The largest absolute Gasteiger partial charge is 0.508 e. The fourth-order valence-electron chi connectivity index (χ4n) is 2.02. The van der Waals surface area contributed by atoms with Gasteiger partial charge in [0, 0.05) is 0 Å².